The van der Waals surface area contributed by atoms with E-state index in [9.17, 15) is 4.79 Å². The summed E-state index contributed by atoms with van der Waals surface area (Å²) >= 11 is 0. The summed E-state index contributed by atoms with van der Waals surface area (Å²) in [6.07, 6.45) is 0. The van der Waals surface area contributed by atoms with Gasteiger partial charge in [-0.25, -0.2) is 0 Å². The zero-order valence-electron chi connectivity index (χ0n) is 19.0. The first kappa shape index (κ1) is 21.4. The molecule has 0 spiro atoms. The minimum atomic E-state index is -0.0776. The number of carbonyl (C=O) groups excluding carboxylic acids is 1. The van der Waals surface area contributed by atoms with Crippen molar-refractivity contribution in [1.29, 1.82) is 0 Å². The minimum absolute atomic E-state index is 0.0182. The third-order valence-electron chi connectivity index (χ3n) is 6.48. The van der Waals surface area contributed by atoms with E-state index in [0.29, 0.717) is 12.0 Å². The molecule has 1 heterocycles. The average Bonchev–Trinajstić information content (AvgIpc) is 2.79. The van der Waals surface area contributed by atoms with Gasteiger partial charge in [-0.15, -0.1) is 0 Å². The van der Waals surface area contributed by atoms with Crippen LogP contribution in [0.2, 0.25) is 0 Å². The summed E-state index contributed by atoms with van der Waals surface area (Å²) < 4.78 is 0. The van der Waals surface area contributed by atoms with Gasteiger partial charge in [0.2, 0.25) is 0 Å². The number of carbonyl (C=O) groups is 1. The highest BCUT2D eigenvalue weighted by molar-refractivity contribution is 5.97. The molecule has 0 aliphatic carbocycles. The van der Waals surface area contributed by atoms with Crippen LogP contribution in [-0.2, 0) is 0 Å². The number of anilines is 1. The maximum Gasteiger partial charge on any atom is 0.252 e. The van der Waals surface area contributed by atoms with E-state index in [0.717, 1.165) is 42.0 Å². The fourth-order valence-electron chi connectivity index (χ4n) is 4.49. The minimum Gasteiger partial charge on any atom is -0.369 e. The SMILES string of the molecule is Cc1ccc(N2CCN[C@@H](C(C)C)C2)cc1C(=O)N[C@H](C)c1cccc2ccccc12. The van der Waals surface area contributed by atoms with Gasteiger partial charge >= 0.3 is 0 Å². The zero-order valence-corrected chi connectivity index (χ0v) is 19.0. The van der Waals surface area contributed by atoms with Gasteiger partial charge in [0, 0.05) is 36.9 Å². The van der Waals surface area contributed by atoms with Gasteiger partial charge in [0.1, 0.15) is 0 Å². The normalized spacial score (nSPS) is 17.7. The molecule has 4 rings (SSSR count). The Labute approximate surface area is 185 Å². The molecule has 1 saturated heterocycles. The van der Waals surface area contributed by atoms with Gasteiger partial charge in [-0.05, 0) is 53.8 Å². The van der Waals surface area contributed by atoms with Crippen molar-refractivity contribution in [3.05, 3.63) is 77.4 Å². The monoisotopic (exact) mass is 415 g/mol. The van der Waals surface area contributed by atoms with E-state index in [4.69, 9.17) is 0 Å². The molecule has 162 valence electrons. The summed E-state index contributed by atoms with van der Waals surface area (Å²) in [6, 6.07) is 21.3. The smallest absolute Gasteiger partial charge is 0.252 e. The van der Waals surface area contributed by atoms with Crippen LogP contribution in [0, 0.1) is 12.8 Å². The second-order valence-electron chi connectivity index (χ2n) is 9.01. The van der Waals surface area contributed by atoms with Crippen molar-refractivity contribution >= 4 is 22.4 Å². The van der Waals surface area contributed by atoms with Gasteiger partial charge in [-0.1, -0.05) is 62.4 Å². The Kier molecular flexibility index (Phi) is 6.28. The molecule has 0 saturated carbocycles. The molecule has 0 aromatic heterocycles. The molecule has 1 aliphatic rings. The molecule has 2 N–H and O–H groups in total. The lowest BCUT2D eigenvalue weighted by Crippen LogP contribution is -2.53. The maximum absolute atomic E-state index is 13.3. The Balaban J connectivity index is 1.55. The number of nitrogens with one attached hydrogen (secondary N) is 2. The first-order valence-electron chi connectivity index (χ1n) is 11.3. The van der Waals surface area contributed by atoms with E-state index in [-0.39, 0.29) is 11.9 Å². The molecule has 0 radical (unpaired) electrons. The first-order valence-corrected chi connectivity index (χ1v) is 11.3. The lowest BCUT2D eigenvalue weighted by molar-refractivity contribution is 0.0939. The number of hydrogen-bond acceptors (Lipinski definition) is 3. The summed E-state index contributed by atoms with van der Waals surface area (Å²) in [6.45, 7) is 11.5. The maximum atomic E-state index is 13.3. The Hall–Kier alpha value is -2.85. The Bertz CT molecular complexity index is 1070. The number of piperazine rings is 1. The molecule has 0 bridgehead atoms. The highest BCUT2D eigenvalue weighted by Crippen LogP contribution is 2.26. The number of benzene rings is 3. The van der Waals surface area contributed by atoms with E-state index in [1.165, 1.54) is 10.8 Å². The highest BCUT2D eigenvalue weighted by Gasteiger charge is 2.23. The van der Waals surface area contributed by atoms with Crippen LogP contribution in [0.5, 0.6) is 0 Å². The Morgan fingerprint density at radius 1 is 1.06 bits per heavy atom. The summed E-state index contributed by atoms with van der Waals surface area (Å²) in [5.74, 6) is 0.563. The third-order valence-corrected chi connectivity index (χ3v) is 6.48. The number of fused-ring (bicyclic) bond motifs is 1. The highest BCUT2D eigenvalue weighted by atomic mass is 16.1. The van der Waals surface area contributed by atoms with Gasteiger partial charge in [-0.3, -0.25) is 4.79 Å². The largest absolute Gasteiger partial charge is 0.369 e. The molecule has 2 atom stereocenters. The Morgan fingerprint density at radius 3 is 2.65 bits per heavy atom. The lowest BCUT2D eigenvalue weighted by atomic mass is 9.98. The Morgan fingerprint density at radius 2 is 1.84 bits per heavy atom. The number of aryl methyl sites for hydroxylation is 1. The molecule has 3 aromatic rings. The van der Waals surface area contributed by atoms with Crippen molar-refractivity contribution < 1.29 is 4.79 Å². The van der Waals surface area contributed by atoms with Crippen LogP contribution in [-0.4, -0.2) is 31.6 Å². The molecule has 4 nitrogen and oxygen atoms in total. The van der Waals surface area contributed by atoms with Crippen molar-refractivity contribution in [2.45, 2.75) is 39.8 Å². The fourth-order valence-corrected chi connectivity index (χ4v) is 4.49. The van der Waals surface area contributed by atoms with E-state index in [1.54, 1.807) is 0 Å². The standard InChI is InChI=1S/C27H33N3O/c1-18(2)26-17-30(15-14-28-26)22-13-12-19(3)25(16-22)27(31)29-20(4)23-11-7-9-21-8-5-6-10-24(21)23/h5-13,16,18,20,26,28H,14-15,17H2,1-4H3,(H,29,31)/t20-,26-/m1/s1. The quantitative estimate of drug-likeness (QED) is 0.611. The average molecular weight is 416 g/mol. The molecule has 4 heteroatoms. The lowest BCUT2D eigenvalue weighted by Gasteiger charge is -2.37. The predicted molar refractivity (Wildman–Crippen MR) is 130 cm³/mol. The van der Waals surface area contributed by atoms with Crippen molar-refractivity contribution in [1.82, 2.24) is 10.6 Å². The van der Waals surface area contributed by atoms with Gasteiger partial charge in [0.05, 0.1) is 6.04 Å². The van der Waals surface area contributed by atoms with Gasteiger partial charge in [0.15, 0.2) is 0 Å². The first-order chi connectivity index (χ1) is 14.9. The summed E-state index contributed by atoms with van der Waals surface area (Å²) in [5, 5.41) is 9.21. The van der Waals surface area contributed by atoms with E-state index >= 15 is 0 Å². The van der Waals surface area contributed by atoms with Crippen LogP contribution in [0.25, 0.3) is 10.8 Å². The molecule has 1 aliphatic heterocycles. The molecule has 31 heavy (non-hydrogen) atoms. The van der Waals surface area contributed by atoms with Crippen LogP contribution in [0.1, 0.15) is 48.3 Å². The second-order valence-corrected chi connectivity index (χ2v) is 9.01. The van der Waals surface area contributed by atoms with Gasteiger partial charge in [0.25, 0.3) is 5.91 Å². The van der Waals surface area contributed by atoms with Gasteiger partial charge < -0.3 is 15.5 Å². The molecule has 1 fully saturated rings. The fraction of sp³-hybridized carbons (Fsp3) is 0.370. The summed E-state index contributed by atoms with van der Waals surface area (Å²) in [4.78, 5) is 15.6. The van der Waals surface area contributed by atoms with Crippen LogP contribution < -0.4 is 15.5 Å². The predicted octanol–water partition coefficient (Wildman–Crippen LogP) is 5.07. The molecule has 1 amide bonds. The van der Waals surface area contributed by atoms with Crippen LogP contribution in [0.15, 0.2) is 60.7 Å². The van der Waals surface area contributed by atoms with Crippen molar-refractivity contribution in [2.75, 3.05) is 24.5 Å². The van der Waals surface area contributed by atoms with Crippen LogP contribution >= 0.6 is 0 Å². The number of hydrogen-bond donors (Lipinski definition) is 2. The number of nitrogens with zero attached hydrogens (tertiary/aromatic N) is 1. The van der Waals surface area contributed by atoms with E-state index < -0.39 is 0 Å². The topological polar surface area (TPSA) is 44.4 Å². The van der Waals surface area contributed by atoms with Crippen LogP contribution in [0.4, 0.5) is 5.69 Å². The second kappa shape index (κ2) is 9.11. The molecular formula is C27H33N3O. The van der Waals surface area contributed by atoms with Crippen molar-refractivity contribution in [2.24, 2.45) is 5.92 Å². The number of amides is 1. The number of rotatable bonds is 5. The third kappa shape index (κ3) is 4.59. The van der Waals surface area contributed by atoms with Crippen molar-refractivity contribution in [3.8, 4) is 0 Å². The van der Waals surface area contributed by atoms with Gasteiger partial charge in [-0.2, -0.15) is 0 Å². The van der Waals surface area contributed by atoms with Crippen LogP contribution in [0.3, 0.4) is 0 Å². The van der Waals surface area contributed by atoms with E-state index in [1.807, 2.05) is 19.1 Å². The zero-order chi connectivity index (χ0) is 22.0. The summed E-state index contributed by atoms with van der Waals surface area (Å²) in [7, 11) is 0. The van der Waals surface area contributed by atoms with Crippen molar-refractivity contribution in [3.63, 3.8) is 0 Å². The van der Waals surface area contributed by atoms with E-state index in [2.05, 4.69) is 84.8 Å². The molecular weight excluding hydrogens is 382 g/mol. The summed E-state index contributed by atoms with van der Waals surface area (Å²) in [5.41, 5.74) is 4.02. The molecule has 3 aromatic carbocycles. The molecule has 0 unspecified atom stereocenters.